The highest BCUT2D eigenvalue weighted by molar-refractivity contribution is 7.99. The Labute approximate surface area is 129 Å². The van der Waals surface area contributed by atoms with Gasteiger partial charge in [0.1, 0.15) is 16.9 Å². The van der Waals surface area contributed by atoms with E-state index >= 15 is 0 Å². The summed E-state index contributed by atoms with van der Waals surface area (Å²) in [5.41, 5.74) is -4.78. The lowest BCUT2D eigenvalue weighted by Gasteiger charge is -2.22. The molecule has 0 aromatic rings. The van der Waals surface area contributed by atoms with Gasteiger partial charge >= 0.3 is 5.51 Å². The molecule has 0 spiro atoms. The third-order valence-electron chi connectivity index (χ3n) is 1.76. The molecule has 0 fully saturated rings. The van der Waals surface area contributed by atoms with Gasteiger partial charge in [-0.05, 0) is 0 Å². The lowest BCUT2D eigenvalue weighted by molar-refractivity contribution is -0.0517. The summed E-state index contributed by atoms with van der Waals surface area (Å²) in [5, 5.41) is 2.15. The second-order valence-corrected chi connectivity index (χ2v) is 10.4. The lowest BCUT2D eigenvalue weighted by atomic mass is 10.0. The average Bonchev–Trinajstić information content (AvgIpc) is 2.09. The Bertz CT molecular complexity index is 399. The Kier molecular flexibility index (Phi) is 8.65. The maximum Gasteiger partial charge on any atom is 0.485 e. The molecule has 0 rings (SSSR count). The van der Waals surface area contributed by atoms with Crippen molar-refractivity contribution in [2.75, 3.05) is 11.5 Å². The molecule has 0 unspecified atom stereocenters. The van der Waals surface area contributed by atoms with Gasteiger partial charge in [-0.3, -0.25) is 0 Å². The van der Waals surface area contributed by atoms with Gasteiger partial charge in [-0.15, -0.1) is 0 Å². The molecule has 3 nitrogen and oxygen atoms in total. The highest BCUT2D eigenvalue weighted by atomic mass is 32.2. The van der Waals surface area contributed by atoms with Crippen molar-refractivity contribution in [2.45, 2.75) is 47.1 Å². The first-order valence-corrected chi connectivity index (χ1v) is 9.23. The Hall–Kier alpha value is -0.210. The van der Waals surface area contributed by atoms with Crippen LogP contribution in [0.1, 0.15) is 41.5 Å². The summed E-state index contributed by atoms with van der Waals surface area (Å²) in [7, 11) is -5.70. The highest BCUT2D eigenvalue weighted by Crippen LogP contribution is 2.24. The molecule has 0 aliphatic heterocycles. The zero-order chi connectivity index (χ0) is 17.7. The van der Waals surface area contributed by atoms with E-state index in [-0.39, 0.29) is 0 Å². The molecule has 0 saturated heterocycles. The Morgan fingerprint density at radius 2 is 1.24 bits per heavy atom. The molecule has 0 heterocycles. The maximum absolute atomic E-state index is 10.7. The SMILES string of the molecule is C=C[S+](CC(C)(C)C)CC(C)(C)C.O=S(=O)([O-])C(F)(F)F. The van der Waals surface area contributed by atoms with Crippen molar-refractivity contribution in [2.24, 2.45) is 10.8 Å². The number of rotatable bonds is 3. The van der Waals surface area contributed by atoms with E-state index in [0.29, 0.717) is 21.7 Å². The first-order chi connectivity index (χ1) is 8.89. The van der Waals surface area contributed by atoms with E-state index in [4.69, 9.17) is 13.0 Å². The van der Waals surface area contributed by atoms with Gasteiger partial charge in [-0.2, -0.15) is 13.2 Å². The first kappa shape index (κ1) is 23.1. The second-order valence-electron chi connectivity index (χ2n) is 7.01. The van der Waals surface area contributed by atoms with Crippen molar-refractivity contribution in [3.63, 3.8) is 0 Å². The van der Waals surface area contributed by atoms with Crippen LogP contribution < -0.4 is 0 Å². The topological polar surface area (TPSA) is 57.2 Å². The van der Waals surface area contributed by atoms with Crippen LogP contribution in [0.3, 0.4) is 0 Å². The Morgan fingerprint density at radius 1 is 1.00 bits per heavy atom. The molecule has 128 valence electrons. The third-order valence-corrected chi connectivity index (χ3v) is 5.27. The Balaban J connectivity index is 0. The standard InChI is InChI=1S/C12H25S.CHF3O3S/c1-8-13(9-11(2,3)4)10-12(5,6)7;2-1(3,4)8(5,6)7/h8H,1,9-10H2,2-7H3;(H,5,6,7)/q+1;/p-1. The summed E-state index contributed by atoms with van der Waals surface area (Å²) < 4.78 is 58.9. The molecule has 0 atom stereocenters. The normalized spacial score (nSPS) is 13.7. The van der Waals surface area contributed by atoms with E-state index in [0.717, 1.165) is 0 Å². The molecule has 21 heavy (non-hydrogen) atoms. The molecule has 0 amide bonds. The molecule has 0 aliphatic rings. The van der Waals surface area contributed by atoms with E-state index < -0.39 is 15.6 Å². The van der Waals surface area contributed by atoms with Crippen LogP contribution in [0.4, 0.5) is 13.2 Å². The van der Waals surface area contributed by atoms with Crippen molar-refractivity contribution in [1.29, 1.82) is 0 Å². The zero-order valence-electron chi connectivity index (χ0n) is 13.4. The summed E-state index contributed by atoms with van der Waals surface area (Å²) in [6, 6.07) is 0. The number of hydrogen-bond donors (Lipinski definition) is 0. The minimum absolute atomic E-state index is 0.394. The van der Waals surface area contributed by atoms with Crippen LogP contribution >= 0.6 is 0 Å². The van der Waals surface area contributed by atoms with Crippen molar-refractivity contribution in [3.05, 3.63) is 12.0 Å². The molecular formula is C13H25F3O3S2. The molecule has 0 aliphatic carbocycles. The van der Waals surface area contributed by atoms with Gasteiger partial charge in [-0.1, -0.05) is 48.1 Å². The molecular weight excluding hydrogens is 325 g/mol. The van der Waals surface area contributed by atoms with E-state index in [2.05, 4.69) is 53.5 Å². The molecule has 0 aromatic heterocycles. The minimum Gasteiger partial charge on any atom is -0.741 e. The number of hydrogen-bond acceptors (Lipinski definition) is 3. The lowest BCUT2D eigenvalue weighted by Crippen LogP contribution is -2.27. The molecule has 0 N–H and O–H groups in total. The van der Waals surface area contributed by atoms with Gasteiger partial charge in [0.25, 0.3) is 0 Å². The average molecular weight is 350 g/mol. The number of alkyl halides is 3. The van der Waals surface area contributed by atoms with Gasteiger partial charge in [0.15, 0.2) is 10.1 Å². The fourth-order valence-corrected chi connectivity index (χ4v) is 3.84. The van der Waals surface area contributed by atoms with Gasteiger partial charge in [0.2, 0.25) is 0 Å². The quantitative estimate of drug-likeness (QED) is 0.441. The van der Waals surface area contributed by atoms with Crippen LogP contribution in [0, 0.1) is 10.8 Å². The summed E-state index contributed by atoms with van der Waals surface area (Å²) in [6.07, 6.45) is 0. The summed E-state index contributed by atoms with van der Waals surface area (Å²) in [6.45, 7) is 17.8. The summed E-state index contributed by atoms with van der Waals surface area (Å²) >= 11 is 0. The van der Waals surface area contributed by atoms with Crippen LogP contribution in [0.2, 0.25) is 0 Å². The van der Waals surface area contributed by atoms with Gasteiger partial charge in [-0.25, -0.2) is 8.42 Å². The van der Waals surface area contributed by atoms with Crippen LogP contribution in [0.15, 0.2) is 12.0 Å². The largest absolute Gasteiger partial charge is 0.741 e. The monoisotopic (exact) mass is 350 g/mol. The molecule has 0 aromatic carbocycles. The summed E-state index contributed by atoms with van der Waals surface area (Å²) in [4.78, 5) is 0. The van der Waals surface area contributed by atoms with Crippen molar-refractivity contribution >= 4 is 21.0 Å². The minimum atomic E-state index is -6.09. The Morgan fingerprint density at radius 3 is 1.33 bits per heavy atom. The molecule has 0 radical (unpaired) electrons. The predicted molar refractivity (Wildman–Crippen MR) is 82.0 cm³/mol. The number of halogens is 3. The fraction of sp³-hybridized carbons (Fsp3) is 0.846. The van der Waals surface area contributed by atoms with Crippen molar-refractivity contribution < 1.29 is 26.1 Å². The first-order valence-electron chi connectivity index (χ1n) is 6.20. The molecule has 0 bridgehead atoms. The van der Waals surface area contributed by atoms with E-state index in [1.807, 2.05) is 0 Å². The van der Waals surface area contributed by atoms with Crippen molar-refractivity contribution in [1.82, 2.24) is 0 Å². The van der Waals surface area contributed by atoms with Crippen LogP contribution in [0.25, 0.3) is 0 Å². The third kappa shape index (κ3) is 14.5. The predicted octanol–water partition coefficient (Wildman–Crippen LogP) is 3.89. The fourth-order valence-electron chi connectivity index (χ4n) is 1.28. The smallest absolute Gasteiger partial charge is 0.485 e. The van der Waals surface area contributed by atoms with Gasteiger partial charge < -0.3 is 4.55 Å². The van der Waals surface area contributed by atoms with E-state index in [9.17, 15) is 13.2 Å². The zero-order valence-corrected chi connectivity index (χ0v) is 15.0. The van der Waals surface area contributed by atoms with E-state index in [1.54, 1.807) is 0 Å². The second kappa shape index (κ2) is 7.87. The molecule has 8 heteroatoms. The molecule has 0 saturated carbocycles. The van der Waals surface area contributed by atoms with Gasteiger partial charge in [0, 0.05) is 21.7 Å². The van der Waals surface area contributed by atoms with Crippen molar-refractivity contribution in [3.8, 4) is 0 Å². The van der Waals surface area contributed by atoms with E-state index in [1.165, 1.54) is 11.5 Å². The summed E-state index contributed by atoms with van der Waals surface area (Å²) in [5.74, 6) is 2.54. The highest BCUT2D eigenvalue weighted by Gasteiger charge is 2.36. The van der Waals surface area contributed by atoms with Crippen LogP contribution in [0.5, 0.6) is 0 Å². The van der Waals surface area contributed by atoms with Crippen LogP contribution in [-0.2, 0) is 21.0 Å². The van der Waals surface area contributed by atoms with Crippen LogP contribution in [-0.4, -0.2) is 30.0 Å². The van der Waals surface area contributed by atoms with Gasteiger partial charge in [0.05, 0.1) is 0 Å². The maximum atomic E-state index is 10.7.